The highest BCUT2D eigenvalue weighted by molar-refractivity contribution is 7.26. The summed E-state index contributed by atoms with van der Waals surface area (Å²) in [6.45, 7) is 11.6. The van der Waals surface area contributed by atoms with E-state index in [4.69, 9.17) is 0 Å². The Morgan fingerprint density at radius 1 is 0.533 bits per heavy atom. The standard InChI is InChI=1S/C55H40BN2S2/c1-54(2,3)30-18-20-31(21-19-30)57-45-25-41-34-14-8-11-17-49(34)59-50(41)27-38(45)35-22-23-36-39-24-40-33-13-7-10-16-48(33)60-51(40)29-46(39)58-47-26-37-32-12-6-9-15-42(32)55(4,5)43(37)28-44(47)56-52(35)53(36)58/h6-29,57H,1-5H3. The van der Waals surface area contributed by atoms with Crippen LogP contribution in [-0.2, 0) is 10.8 Å². The number of hydrogen-bond donors (Lipinski definition) is 1. The van der Waals surface area contributed by atoms with Crippen molar-refractivity contribution in [3.63, 3.8) is 0 Å². The Bertz CT molecular complexity index is 3670. The van der Waals surface area contributed by atoms with Gasteiger partial charge in [0.25, 0.3) is 0 Å². The van der Waals surface area contributed by atoms with Gasteiger partial charge in [-0.15, -0.1) is 22.7 Å². The minimum atomic E-state index is -0.0995. The molecule has 60 heavy (non-hydrogen) atoms. The van der Waals surface area contributed by atoms with E-state index in [1.165, 1.54) is 118 Å². The van der Waals surface area contributed by atoms with Gasteiger partial charge in [-0.3, -0.25) is 0 Å². The van der Waals surface area contributed by atoms with Crippen molar-refractivity contribution in [2.24, 2.45) is 0 Å². The van der Waals surface area contributed by atoms with Gasteiger partial charge >= 0.3 is 0 Å². The summed E-state index contributed by atoms with van der Waals surface area (Å²) in [6.07, 6.45) is 0. The summed E-state index contributed by atoms with van der Waals surface area (Å²) in [5, 5.41) is 11.8. The van der Waals surface area contributed by atoms with E-state index >= 15 is 0 Å². The first-order valence-corrected chi connectivity index (χ1v) is 22.6. The molecule has 8 aromatic carbocycles. The van der Waals surface area contributed by atoms with Crippen molar-refractivity contribution in [2.45, 2.75) is 45.4 Å². The lowest BCUT2D eigenvalue weighted by molar-refractivity contribution is 0.590. The highest BCUT2D eigenvalue weighted by Crippen LogP contribution is 2.50. The number of nitrogens with one attached hydrogen (secondary N) is 1. The molecule has 2 aliphatic rings. The minimum absolute atomic E-state index is 0.0845. The van der Waals surface area contributed by atoms with Crippen molar-refractivity contribution >= 4 is 114 Å². The summed E-state index contributed by atoms with van der Waals surface area (Å²) in [5.41, 5.74) is 17.8. The van der Waals surface area contributed by atoms with E-state index in [-0.39, 0.29) is 10.8 Å². The van der Waals surface area contributed by atoms with Gasteiger partial charge < -0.3 is 9.88 Å². The molecule has 1 radical (unpaired) electrons. The van der Waals surface area contributed by atoms with E-state index in [0.717, 1.165) is 11.4 Å². The molecular weight excluding hydrogens is 764 g/mol. The Kier molecular flexibility index (Phi) is 6.94. The third-order valence-electron chi connectivity index (χ3n) is 13.6. The molecule has 0 fully saturated rings. The summed E-state index contributed by atoms with van der Waals surface area (Å²) in [4.78, 5) is 0. The van der Waals surface area contributed by atoms with Gasteiger partial charge in [-0.05, 0) is 98.9 Å². The van der Waals surface area contributed by atoms with Crippen LogP contribution in [0, 0.1) is 0 Å². The summed E-state index contributed by atoms with van der Waals surface area (Å²) in [5.74, 6) is 0. The second-order valence-corrected chi connectivity index (χ2v) is 20.6. The van der Waals surface area contributed by atoms with Crippen LogP contribution in [0.5, 0.6) is 0 Å². The molecule has 285 valence electrons. The summed E-state index contributed by atoms with van der Waals surface area (Å²) >= 11 is 3.78. The molecular formula is C55H40BN2S2. The summed E-state index contributed by atoms with van der Waals surface area (Å²) < 4.78 is 7.88. The zero-order valence-corrected chi connectivity index (χ0v) is 35.8. The maximum Gasteiger partial charge on any atom is 0.197 e. The SMILES string of the molecule is CC(C)(C)c1ccc(Nc2cc3c(cc2-c2ccc4c5cc6c(cc5n5c4c2[B]c2cc4c(cc2-5)-c2ccccc2C4(C)C)sc2ccccc26)sc2ccccc23)cc1. The van der Waals surface area contributed by atoms with Crippen LogP contribution in [0.3, 0.4) is 0 Å². The van der Waals surface area contributed by atoms with Crippen LogP contribution >= 0.6 is 22.7 Å². The topological polar surface area (TPSA) is 17.0 Å². The molecule has 0 amide bonds. The van der Waals surface area contributed by atoms with Gasteiger partial charge in [0, 0.05) is 84.7 Å². The highest BCUT2D eigenvalue weighted by atomic mass is 32.1. The molecule has 0 unspecified atom stereocenters. The molecule has 0 saturated heterocycles. The Hall–Kier alpha value is -6.14. The predicted molar refractivity (Wildman–Crippen MR) is 263 cm³/mol. The van der Waals surface area contributed by atoms with Crippen molar-refractivity contribution < 1.29 is 0 Å². The Morgan fingerprint density at radius 3 is 1.97 bits per heavy atom. The van der Waals surface area contributed by atoms with Crippen molar-refractivity contribution in [1.82, 2.24) is 4.57 Å². The van der Waals surface area contributed by atoms with E-state index in [9.17, 15) is 0 Å². The van der Waals surface area contributed by atoms with E-state index in [1.807, 2.05) is 22.7 Å². The van der Waals surface area contributed by atoms with E-state index in [2.05, 4.69) is 197 Å². The van der Waals surface area contributed by atoms with Gasteiger partial charge in [-0.25, -0.2) is 0 Å². The molecule has 1 aliphatic heterocycles. The molecule has 0 bridgehead atoms. The number of benzene rings is 8. The zero-order valence-electron chi connectivity index (χ0n) is 34.2. The van der Waals surface area contributed by atoms with Gasteiger partial charge in [-0.1, -0.05) is 131 Å². The largest absolute Gasteiger partial charge is 0.355 e. The fourth-order valence-corrected chi connectivity index (χ4v) is 12.8. The first kappa shape index (κ1) is 34.7. The lowest BCUT2D eigenvalue weighted by atomic mass is 9.58. The number of thiophene rings is 2. The fourth-order valence-electron chi connectivity index (χ4n) is 10.5. The smallest absolute Gasteiger partial charge is 0.197 e. The lowest BCUT2D eigenvalue weighted by Gasteiger charge is -2.27. The fraction of sp³-hybridized carbons (Fsp3) is 0.127. The van der Waals surface area contributed by atoms with Gasteiger partial charge in [-0.2, -0.15) is 0 Å². The number of hydrogen-bond acceptors (Lipinski definition) is 3. The van der Waals surface area contributed by atoms with Crippen LogP contribution in [0.4, 0.5) is 11.4 Å². The normalized spacial score (nSPS) is 14.0. The summed E-state index contributed by atoms with van der Waals surface area (Å²) in [7, 11) is 2.50. The second-order valence-electron chi connectivity index (χ2n) is 18.4. The Balaban J connectivity index is 1.11. The molecule has 1 N–H and O–H groups in total. The molecule has 13 rings (SSSR count). The quantitative estimate of drug-likeness (QED) is 0.176. The first-order valence-electron chi connectivity index (χ1n) is 21.0. The Labute approximate surface area is 358 Å². The van der Waals surface area contributed by atoms with Crippen molar-refractivity contribution in [3.8, 4) is 27.9 Å². The van der Waals surface area contributed by atoms with Crippen molar-refractivity contribution in [2.75, 3.05) is 5.32 Å². The van der Waals surface area contributed by atoms with Crippen LogP contribution < -0.4 is 16.2 Å². The number of anilines is 2. The number of aromatic nitrogens is 1. The molecule has 0 spiro atoms. The zero-order chi connectivity index (χ0) is 40.2. The summed E-state index contributed by atoms with van der Waals surface area (Å²) in [6, 6.07) is 55.3. The minimum Gasteiger partial charge on any atom is -0.355 e. The van der Waals surface area contributed by atoms with Crippen LogP contribution in [0.2, 0.25) is 0 Å². The van der Waals surface area contributed by atoms with Crippen molar-refractivity contribution in [1.29, 1.82) is 0 Å². The van der Waals surface area contributed by atoms with Gasteiger partial charge in [0.15, 0.2) is 7.28 Å². The highest BCUT2D eigenvalue weighted by Gasteiger charge is 2.38. The molecule has 1 aliphatic carbocycles. The first-order chi connectivity index (χ1) is 29.1. The molecule has 0 saturated carbocycles. The van der Waals surface area contributed by atoms with Gasteiger partial charge in [0.1, 0.15) is 0 Å². The molecule has 3 aromatic heterocycles. The number of rotatable bonds is 3. The van der Waals surface area contributed by atoms with Crippen LogP contribution in [0.25, 0.3) is 90.1 Å². The van der Waals surface area contributed by atoms with Crippen LogP contribution in [-0.4, -0.2) is 11.8 Å². The second kappa shape index (κ2) is 12.0. The molecule has 2 nitrogen and oxygen atoms in total. The molecule has 0 atom stereocenters. The third-order valence-corrected chi connectivity index (χ3v) is 15.8. The maximum absolute atomic E-state index is 3.95. The average molecular weight is 804 g/mol. The monoisotopic (exact) mass is 803 g/mol. The van der Waals surface area contributed by atoms with Crippen molar-refractivity contribution in [3.05, 3.63) is 162 Å². The third kappa shape index (κ3) is 4.76. The Morgan fingerprint density at radius 2 is 1.22 bits per heavy atom. The van der Waals surface area contributed by atoms with E-state index in [1.54, 1.807) is 0 Å². The van der Waals surface area contributed by atoms with Gasteiger partial charge in [0.2, 0.25) is 0 Å². The molecule has 5 heteroatoms. The molecule has 11 aromatic rings. The van der Waals surface area contributed by atoms with E-state index < -0.39 is 0 Å². The number of nitrogens with zero attached hydrogens (tertiary/aromatic N) is 1. The maximum atomic E-state index is 3.95. The molecule has 4 heterocycles. The van der Waals surface area contributed by atoms with E-state index in [0.29, 0.717) is 0 Å². The van der Waals surface area contributed by atoms with Gasteiger partial charge in [0.05, 0.1) is 5.52 Å². The van der Waals surface area contributed by atoms with Crippen LogP contribution in [0.1, 0.15) is 51.3 Å². The van der Waals surface area contributed by atoms with Crippen LogP contribution in [0.15, 0.2) is 146 Å². The lowest BCUT2D eigenvalue weighted by Crippen LogP contribution is -2.38. The predicted octanol–water partition coefficient (Wildman–Crippen LogP) is 14.5. The average Bonchev–Trinajstić information content (AvgIpc) is 3.96. The number of fused-ring (bicyclic) bond motifs is 14.